The topological polar surface area (TPSA) is 53.5 Å². The van der Waals surface area contributed by atoms with Gasteiger partial charge in [-0.3, -0.25) is 19.6 Å². The molecule has 27 heavy (non-hydrogen) atoms. The van der Waals surface area contributed by atoms with Crippen molar-refractivity contribution >= 4 is 11.8 Å². The van der Waals surface area contributed by atoms with Crippen molar-refractivity contribution in [1.29, 1.82) is 0 Å². The lowest BCUT2D eigenvalue weighted by Gasteiger charge is -2.23. The average molecular weight is 365 g/mol. The van der Waals surface area contributed by atoms with E-state index in [4.69, 9.17) is 0 Å². The fourth-order valence-corrected chi connectivity index (χ4v) is 3.44. The van der Waals surface area contributed by atoms with Crippen LogP contribution in [0.2, 0.25) is 0 Å². The van der Waals surface area contributed by atoms with E-state index in [1.807, 2.05) is 26.0 Å². The Morgan fingerprint density at radius 3 is 2.37 bits per heavy atom. The number of hydrazine groups is 1. The Kier molecular flexibility index (Phi) is 4.95. The van der Waals surface area contributed by atoms with Gasteiger partial charge in [-0.25, -0.2) is 9.40 Å². The van der Waals surface area contributed by atoms with Crippen LogP contribution in [0.5, 0.6) is 0 Å². The largest absolute Gasteiger partial charge is 0.272 e. The van der Waals surface area contributed by atoms with Gasteiger partial charge in [-0.15, -0.1) is 5.92 Å². The Morgan fingerprint density at radius 1 is 1.15 bits per heavy atom. The van der Waals surface area contributed by atoms with Gasteiger partial charge in [0.05, 0.1) is 18.4 Å². The number of aromatic nitrogens is 1. The van der Waals surface area contributed by atoms with E-state index in [-0.39, 0.29) is 18.4 Å². The minimum absolute atomic E-state index is 0.106. The number of hydrogen-bond acceptors (Lipinski definition) is 3. The van der Waals surface area contributed by atoms with Crippen molar-refractivity contribution in [3.8, 4) is 11.8 Å². The Balaban J connectivity index is 1.95. The van der Waals surface area contributed by atoms with E-state index in [0.29, 0.717) is 11.3 Å². The molecular weight excluding hydrogens is 345 g/mol. The number of benzene rings is 1. The molecular formula is C21H20FN3O2. The normalized spacial score (nSPS) is 16.6. The fourth-order valence-electron chi connectivity index (χ4n) is 3.44. The maximum absolute atomic E-state index is 13.1. The van der Waals surface area contributed by atoms with Gasteiger partial charge in [0, 0.05) is 12.6 Å². The molecule has 0 saturated carbocycles. The summed E-state index contributed by atoms with van der Waals surface area (Å²) < 4.78 is 13.1. The van der Waals surface area contributed by atoms with E-state index in [1.165, 1.54) is 22.2 Å². The van der Waals surface area contributed by atoms with E-state index >= 15 is 0 Å². The molecule has 0 aliphatic carbocycles. The van der Waals surface area contributed by atoms with Gasteiger partial charge in [0.1, 0.15) is 11.7 Å². The molecule has 1 aliphatic heterocycles. The molecule has 2 heterocycles. The van der Waals surface area contributed by atoms with Gasteiger partial charge in [0.25, 0.3) is 11.8 Å². The number of pyridine rings is 1. The second-order valence-electron chi connectivity index (χ2n) is 6.56. The summed E-state index contributed by atoms with van der Waals surface area (Å²) >= 11 is 0. The fraction of sp³-hybridized carbons (Fsp3) is 0.286. The first-order valence-electron chi connectivity index (χ1n) is 8.56. The van der Waals surface area contributed by atoms with Crippen molar-refractivity contribution in [3.63, 3.8) is 0 Å². The zero-order valence-electron chi connectivity index (χ0n) is 15.7. The van der Waals surface area contributed by atoms with Crippen molar-refractivity contribution in [3.05, 3.63) is 64.2 Å². The van der Waals surface area contributed by atoms with Gasteiger partial charge in [0.2, 0.25) is 0 Å². The van der Waals surface area contributed by atoms with E-state index in [1.54, 1.807) is 14.0 Å². The van der Waals surface area contributed by atoms with Crippen molar-refractivity contribution < 1.29 is 14.0 Å². The molecule has 6 heteroatoms. The van der Waals surface area contributed by atoms with Gasteiger partial charge >= 0.3 is 0 Å². The first kappa shape index (κ1) is 18.6. The van der Waals surface area contributed by atoms with E-state index in [2.05, 4.69) is 16.8 Å². The Hall–Kier alpha value is -3.20. The van der Waals surface area contributed by atoms with Crippen molar-refractivity contribution in [2.24, 2.45) is 0 Å². The van der Waals surface area contributed by atoms with Gasteiger partial charge in [-0.2, -0.15) is 0 Å². The first-order valence-corrected chi connectivity index (χ1v) is 8.56. The Bertz CT molecular complexity index is 950. The number of halogens is 1. The highest BCUT2D eigenvalue weighted by Crippen LogP contribution is 2.33. The number of hydrogen-bond donors (Lipinski definition) is 0. The number of carbonyl (C=O) groups is 2. The maximum Gasteiger partial charge on any atom is 0.258 e. The maximum atomic E-state index is 13.1. The van der Waals surface area contributed by atoms with Crippen LogP contribution in [0.15, 0.2) is 30.5 Å². The molecule has 1 aliphatic rings. The third-order valence-corrected chi connectivity index (χ3v) is 4.68. The number of carbonyl (C=O) groups excluding carboxylic acids is 2. The Labute approximate surface area is 157 Å². The summed E-state index contributed by atoms with van der Waals surface area (Å²) in [7, 11) is 1.56. The highest BCUT2D eigenvalue weighted by molar-refractivity contribution is 6.10. The van der Waals surface area contributed by atoms with Crippen LogP contribution in [0, 0.1) is 31.5 Å². The van der Waals surface area contributed by atoms with Crippen molar-refractivity contribution in [2.75, 3.05) is 7.05 Å². The van der Waals surface area contributed by atoms with Crippen LogP contribution >= 0.6 is 0 Å². The number of likely N-dealkylation sites (N-methyl/N-ethyl adjacent to an activating group) is 1. The summed E-state index contributed by atoms with van der Waals surface area (Å²) in [6.45, 7) is 5.64. The van der Waals surface area contributed by atoms with Crippen LogP contribution in [0.25, 0.3) is 0 Å². The molecule has 5 nitrogen and oxygen atoms in total. The van der Waals surface area contributed by atoms with Crippen LogP contribution < -0.4 is 0 Å². The third-order valence-electron chi connectivity index (χ3n) is 4.68. The number of aryl methyl sites for hydroxylation is 2. The molecule has 2 amide bonds. The van der Waals surface area contributed by atoms with Gasteiger partial charge in [0.15, 0.2) is 0 Å². The monoisotopic (exact) mass is 365 g/mol. The molecule has 0 spiro atoms. The average Bonchev–Trinajstić information content (AvgIpc) is 2.81. The van der Waals surface area contributed by atoms with Crippen LogP contribution in [0.4, 0.5) is 4.39 Å². The smallest absolute Gasteiger partial charge is 0.258 e. The molecule has 0 bridgehead atoms. The summed E-state index contributed by atoms with van der Waals surface area (Å²) in [4.78, 5) is 29.9. The summed E-state index contributed by atoms with van der Waals surface area (Å²) in [6.07, 6.45) is 1.09. The van der Waals surface area contributed by atoms with E-state index in [0.717, 1.165) is 22.9 Å². The van der Waals surface area contributed by atoms with Crippen molar-refractivity contribution in [1.82, 2.24) is 15.0 Å². The molecule has 1 unspecified atom stereocenters. The predicted octanol–water partition coefficient (Wildman–Crippen LogP) is 2.71. The molecule has 1 saturated heterocycles. The summed E-state index contributed by atoms with van der Waals surface area (Å²) in [6, 6.07) is 6.57. The van der Waals surface area contributed by atoms with E-state index < -0.39 is 11.7 Å². The standard InChI is InChI=1S/C21H20FN3O2/c1-5-6-15-9-13(2)18(14(3)10-15)19-20(26)24(4)25(21(19)27)12-17-8-7-16(22)11-23-17/h7-11,19H,12H2,1-4H3. The molecule has 1 atom stereocenters. The van der Waals surface area contributed by atoms with Crippen molar-refractivity contribution in [2.45, 2.75) is 33.2 Å². The second kappa shape index (κ2) is 7.20. The lowest BCUT2D eigenvalue weighted by molar-refractivity contribution is -0.145. The van der Waals surface area contributed by atoms with Crippen LogP contribution in [0.3, 0.4) is 0 Å². The second-order valence-corrected chi connectivity index (χ2v) is 6.56. The summed E-state index contributed by atoms with van der Waals surface area (Å²) in [5.74, 6) is 3.92. The molecule has 0 radical (unpaired) electrons. The molecule has 3 rings (SSSR count). The van der Waals surface area contributed by atoms with Gasteiger partial charge in [-0.1, -0.05) is 5.92 Å². The summed E-state index contributed by atoms with van der Waals surface area (Å²) in [5, 5.41) is 2.67. The SMILES string of the molecule is CC#Cc1cc(C)c(C2C(=O)N(C)N(Cc3ccc(F)cn3)C2=O)c(C)c1. The minimum atomic E-state index is -0.890. The van der Waals surface area contributed by atoms with Crippen LogP contribution in [-0.2, 0) is 16.1 Å². The highest BCUT2D eigenvalue weighted by Gasteiger charge is 2.45. The molecule has 2 aromatic rings. The quantitative estimate of drug-likeness (QED) is 0.621. The van der Waals surface area contributed by atoms with Crippen LogP contribution in [0.1, 0.15) is 40.8 Å². The summed E-state index contributed by atoms with van der Waals surface area (Å²) in [5.41, 5.74) is 3.79. The third kappa shape index (κ3) is 3.41. The minimum Gasteiger partial charge on any atom is -0.272 e. The van der Waals surface area contributed by atoms with E-state index in [9.17, 15) is 14.0 Å². The van der Waals surface area contributed by atoms with Gasteiger partial charge < -0.3 is 0 Å². The number of nitrogens with zero attached hydrogens (tertiary/aromatic N) is 3. The number of rotatable bonds is 3. The first-order chi connectivity index (χ1) is 12.8. The van der Waals surface area contributed by atoms with Crippen LogP contribution in [-0.4, -0.2) is 33.9 Å². The predicted molar refractivity (Wildman–Crippen MR) is 98.7 cm³/mol. The zero-order valence-corrected chi connectivity index (χ0v) is 15.7. The lowest BCUT2D eigenvalue weighted by Crippen LogP contribution is -2.37. The Morgan fingerprint density at radius 2 is 1.81 bits per heavy atom. The molecule has 0 N–H and O–H groups in total. The van der Waals surface area contributed by atoms with Gasteiger partial charge in [-0.05, 0) is 61.7 Å². The molecule has 138 valence electrons. The molecule has 1 aromatic carbocycles. The number of amides is 2. The zero-order chi connectivity index (χ0) is 19.7. The highest BCUT2D eigenvalue weighted by atomic mass is 19.1. The molecule has 1 aromatic heterocycles. The lowest BCUT2D eigenvalue weighted by atomic mass is 9.88. The molecule has 1 fully saturated rings.